The first-order chi connectivity index (χ1) is 4.37. The van der Waals surface area contributed by atoms with Crippen molar-refractivity contribution >= 4 is 0 Å². The molecule has 2 heterocycles. The van der Waals surface area contributed by atoms with Gasteiger partial charge in [-0.05, 0) is 12.6 Å². The average molecular weight is 125 g/mol. The van der Waals surface area contributed by atoms with Crippen LogP contribution < -0.4 is 0 Å². The van der Waals surface area contributed by atoms with Gasteiger partial charge < -0.3 is 9.64 Å². The molecule has 2 rings (SSSR count). The molecule has 0 aromatic heterocycles. The fraction of sp³-hybridized carbons (Fsp3) is 0.714. The van der Waals surface area contributed by atoms with Gasteiger partial charge in [0.1, 0.15) is 0 Å². The molecule has 1 spiro atoms. The van der Waals surface area contributed by atoms with Crippen molar-refractivity contribution < 1.29 is 4.74 Å². The molecule has 2 aliphatic heterocycles. The molecule has 2 saturated heterocycles. The van der Waals surface area contributed by atoms with Gasteiger partial charge in [0.25, 0.3) is 0 Å². The van der Waals surface area contributed by atoms with Crippen molar-refractivity contribution in [1.29, 1.82) is 0 Å². The Bertz CT molecular complexity index is 134. The molecule has 9 heavy (non-hydrogen) atoms. The van der Waals surface area contributed by atoms with Crippen molar-refractivity contribution in [1.82, 2.24) is 4.90 Å². The van der Waals surface area contributed by atoms with E-state index in [2.05, 4.69) is 11.5 Å². The molecular formula is C7H11NO. The van der Waals surface area contributed by atoms with Crippen molar-refractivity contribution in [2.75, 3.05) is 19.8 Å². The Morgan fingerprint density at radius 3 is 2.44 bits per heavy atom. The van der Waals surface area contributed by atoms with E-state index in [1.807, 2.05) is 6.20 Å². The summed E-state index contributed by atoms with van der Waals surface area (Å²) in [6.07, 6.45) is 3.21. The lowest BCUT2D eigenvalue weighted by Gasteiger charge is -2.57. The minimum atomic E-state index is 0.405. The van der Waals surface area contributed by atoms with Gasteiger partial charge in [-0.15, -0.1) is 0 Å². The van der Waals surface area contributed by atoms with Crippen LogP contribution in [0.2, 0.25) is 0 Å². The molecule has 0 aliphatic carbocycles. The quantitative estimate of drug-likeness (QED) is 0.509. The third-order valence-corrected chi connectivity index (χ3v) is 2.39. The summed E-state index contributed by atoms with van der Waals surface area (Å²) in [6, 6.07) is 0. The molecule has 0 atom stereocenters. The summed E-state index contributed by atoms with van der Waals surface area (Å²) in [6.45, 7) is 6.74. The normalized spacial score (nSPS) is 29.1. The lowest BCUT2D eigenvalue weighted by Crippen LogP contribution is -2.68. The molecule has 0 saturated carbocycles. The highest BCUT2D eigenvalue weighted by Crippen LogP contribution is 2.36. The maximum absolute atomic E-state index is 5.12. The number of hydrogen-bond acceptors (Lipinski definition) is 2. The Morgan fingerprint density at radius 2 is 2.33 bits per heavy atom. The first-order valence-corrected chi connectivity index (χ1v) is 3.34. The first-order valence-electron chi connectivity index (χ1n) is 3.34. The van der Waals surface area contributed by atoms with Gasteiger partial charge in [0.2, 0.25) is 0 Å². The van der Waals surface area contributed by atoms with Crippen LogP contribution in [0.5, 0.6) is 0 Å². The highest BCUT2D eigenvalue weighted by Gasteiger charge is 2.48. The summed E-state index contributed by atoms with van der Waals surface area (Å²) in [5.74, 6) is 0. The number of rotatable bonds is 1. The van der Waals surface area contributed by atoms with E-state index in [1.165, 1.54) is 13.0 Å². The Balaban J connectivity index is 2.04. The Labute approximate surface area is 55.1 Å². The molecule has 2 fully saturated rings. The summed E-state index contributed by atoms with van der Waals surface area (Å²) in [5.41, 5.74) is 0.405. The summed E-state index contributed by atoms with van der Waals surface area (Å²) in [7, 11) is 0. The van der Waals surface area contributed by atoms with Crippen LogP contribution in [0.4, 0.5) is 0 Å². The van der Waals surface area contributed by atoms with Crippen molar-refractivity contribution in [2.24, 2.45) is 0 Å². The summed E-state index contributed by atoms with van der Waals surface area (Å²) in [5, 5.41) is 0. The van der Waals surface area contributed by atoms with Gasteiger partial charge in [0.15, 0.2) is 0 Å². The second kappa shape index (κ2) is 1.51. The minimum absolute atomic E-state index is 0.405. The highest BCUT2D eigenvalue weighted by atomic mass is 16.5. The zero-order chi connectivity index (χ0) is 6.32. The Hall–Kier alpha value is -0.500. The van der Waals surface area contributed by atoms with Crippen molar-refractivity contribution in [2.45, 2.75) is 12.0 Å². The highest BCUT2D eigenvalue weighted by molar-refractivity contribution is 5.07. The Morgan fingerprint density at radius 1 is 1.56 bits per heavy atom. The average Bonchev–Trinajstić information content (AvgIpc) is 1.59. The number of likely N-dealkylation sites (tertiary alicyclic amines) is 1. The van der Waals surface area contributed by atoms with Crippen LogP contribution in [0.3, 0.4) is 0 Å². The van der Waals surface area contributed by atoms with E-state index in [9.17, 15) is 0 Å². The largest absolute Gasteiger partial charge is 0.376 e. The molecule has 0 bridgehead atoms. The molecule has 2 nitrogen and oxygen atoms in total. The maximum Gasteiger partial charge on any atom is 0.0878 e. The molecule has 0 radical (unpaired) electrons. The third-order valence-electron chi connectivity index (χ3n) is 2.39. The van der Waals surface area contributed by atoms with E-state index in [1.54, 1.807) is 0 Å². The summed E-state index contributed by atoms with van der Waals surface area (Å²) in [4.78, 5) is 2.27. The van der Waals surface area contributed by atoms with E-state index < -0.39 is 0 Å². The molecule has 0 unspecified atom stereocenters. The second-order valence-corrected chi connectivity index (χ2v) is 2.84. The summed E-state index contributed by atoms with van der Waals surface area (Å²) < 4.78 is 5.12. The molecule has 0 aromatic rings. The molecule has 2 aliphatic rings. The minimum Gasteiger partial charge on any atom is -0.376 e. The van der Waals surface area contributed by atoms with Gasteiger partial charge in [-0.2, -0.15) is 0 Å². The standard InChI is InChI=1S/C7H11NO/c1-2-8-4-3-7(8)5-9-6-7/h2H,1,3-6H2. The van der Waals surface area contributed by atoms with Crippen molar-refractivity contribution in [3.63, 3.8) is 0 Å². The van der Waals surface area contributed by atoms with Gasteiger partial charge in [0.05, 0.1) is 18.8 Å². The van der Waals surface area contributed by atoms with Gasteiger partial charge in [-0.1, -0.05) is 6.58 Å². The number of nitrogens with zero attached hydrogens (tertiary/aromatic N) is 1. The van der Waals surface area contributed by atoms with Gasteiger partial charge in [0, 0.05) is 6.54 Å². The number of ether oxygens (including phenoxy) is 1. The van der Waals surface area contributed by atoms with E-state index in [0.29, 0.717) is 5.54 Å². The molecule has 0 amide bonds. The molecule has 50 valence electrons. The van der Waals surface area contributed by atoms with E-state index in [0.717, 1.165) is 13.2 Å². The molecular weight excluding hydrogens is 114 g/mol. The zero-order valence-corrected chi connectivity index (χ0v) is 5.47. The predicted molar refractivity (Wildman–Crippen MR) is 35.1 cm³/mol. The third kappa shape index (κ3) is 0.491. The van der Waals surface area contributed by atoms with Crippen LogP contribution in [0.1, 0.15) is 6.42 Å². The summed E-state index contributed by atoms with van der Waals surface area (Å²) >= 11 is 0. The van der Waals surface area contributed by atoms with E-state index in [4.69, 9.17) is 4.74 Å². The van der Waals surface area contributed by atoms with Crippen LogP contribution in [0.15, 0.2) is 12.8 Å². The van der Waals surface area contributed by atoms with Crippen LogP contribution in [0, 0.1) is 0 Å². The lowest BCUT2D eigenvalue weighted by molar-refractivity contribution is -0.172. The Kier molecular flexibility index (Phi) is 0.887. The zero-order valence-electron chi connectivity index (χ0n) is 5.47. The van der Waals surface area contributed by atoms with Crippen molar-refractivity contribution in [3.05, 3.63) is 12.8 Å². The lowest BCUT2D eigenvalue weighted by atomic mass is 9.83. The fourth-order valence-electron chi connectivity index (χ4n) is 1.49. The molecule has 0 aromatic carbocycles. The first kappa shape index (κ1) is 5.30. The van der Waals surface area contributed by atoms with Crippen molar-refractivity contribution in [3.8, 4) is 0 Å². The van der Waals surface area contributed by atoms with E-state index in [-0.39, 0.29) is 0 Å². The number of hydrogen-bond donors (Lipinski definition) is 0. The second-order valence-electron chi connectivity index (χ2n) is 2.84. The smallest absolute Gasteiger partial charge is 0.0878 e. The van der Waals surface area contributed by atoms with Gasteiger partial charge in [-0.25, -0.2) is 0 Å². The monoisotopic (exact) mass is 125 g/mol. The van der Waals surface area contributed by atoms with Crippen LogP contribution >= 0.6 is 0 Å². The topological polar surface area (TPSA) is 12.5 Å². The van der Waals surface area contributed by atoms with Gasteiger partial charge in [-0.3, -0.25) is 0 Å². The molecule has 2 heteroatoms. The van der Waals surface area contributed by atoms with Crippen LogP contribution in [0.25, 0.3) is 0 Å². The van der Waals surface area contributed by atoms with Crippen LogP contribution in [-0.2, 0) is 4.74 Å². The van der Waals surface area contributed by atoms with E-state index >= 15 is 0 Å². The predicted octanol–water partition coefficient (Wildman–Crippen LogP) is 0.605. The van der Waals surface area contributed by atoms with Gasteiger partial charge >= 0.3 is 0 Å². The fourth-order valence-corrected chi connectivity index (χ4v) is 1.49. The molecule has 0 N–H and O–H groups in total. The van der Waals surface area contributed by atoms with Crippen LogP contribution in [-0.4, -0.2) is 30.2 Å². The SMILES string of the molecule is C=CN1CCC12COC2. The maximum atomic E-state index is 5.12.